The zero-order chi connectivity index (χ0) is 19.8. The van der Waals surface area contributed by atoms with Gasteiger partial charge in [-0.15, -0.1) is 0 Å². The summed E-state index contributed by atoms with van der Waals surface area (Å²) in [6.45, 7) is 14.4. The Morgan fingerprint density at radius 2 is 1.36 bits per heavy atom. The first-order chi connectivity index (χ1) is 11.3. The van der Waals surface area contributed by atoms with Crippen molar-refractivity contribution in [2.75, 3.05) is 36.5 Å². The Kier molecular flexibility index (Phi) is 9.65. The van der Waals surface area contributed by atoms with Crippen molar-refractivity contribution < 1.29 is 0 Å². The van der Waals surface area contributed by atoms with Gasteiger partial charge >= 0.3 is 0 Å². The maximum atomic E-state index is 2.67. The minimum Gasteiger partial charge on any atom is -0.283 e. The van der Waals surface area contributed by atoms with Gasteiger partial charge in [0.05, 0.1) is 0 Å². The summed E-state index contributed by atoms with van der Waals surface area (Å²) in [5, 5.41) is 0. The Balaban J connectivity index is 4.86. The quantitative estimate of drug-likeness (QED) is 0.269. The molecular formula is C24H54S. The summed E-state index contributed by atoms with van der Waals surface area (Å²) >= 11 is 0. The number of unbranched alkanes of at least 4 members (excludes halogenated alkanes) is 1. The standard InChI is InChI=1S/C24H54S/c1-11-16-24(13-3)22(6)19-23(12-2)20-25(7,8,9,10)18-15-14-17-21(4)5/h21-24H,11-20H2,1-10H3. The fourth-order valence-electron chi connectivity index (χ4n) is 4.86. The minimum atomic E-state index is -1.91. The monoisotopic (exact) mass is 374 g/mol. The molecule has 0 N–H and O–H groups in total. The molecule has 0 radical (unpaired) electrons. The summed E-state index contributed by atoms with van der Waals surface area (Å²) in [4.78, 5) is 0. The van der Waals surface area contributed by atoms with E-state index in [1.807, 2.05) is 0 Å². The summed E-state index contributed by atoms with van der Waals surface area (Å²) in [5.74, 6) is 6.54. The van der Waals surface area contributed by atoms with Crippen LogP contribution < -0.4 is 0 Å². The number of hydrogen-bond donors (Lipinski definition) is 0. The van der Waals surface area contributed by atoms with Crippen LogP contribution in [-0.4, -0.2) is 36.5 Å². The average molecular weight is 375 g/mol. The topological polar surface area (TPSA) is 0 Å². The van der Waals surface area contributed by atoms with Gasteiger partial charge in [-0.3, -0.25) is 8.29 Å². The molecule has 156 valence electrons. The highest BCUT2D eigenvalue weighted by Crippen LogP contribution is 2.79. The maximum absolute atomic E-state index is 2.67. The normalized spacial score (nSPS) is 19.3. The van der Waals surface area contributed by atoms with Crippen molar-refractivity contribution in [3.8, 4) is 0 Å². The van der Waals surface area contributed by atoms with Crippen LogP contribution in [0.15, 0.2) is 0 Å². The highest BCUT2D eigenvalue weighted by Gasteiger charge is 2.43. The molecule has 0 amide bonds. The smallest absolute Gasteiger partial charge is 0.0315 e. The molecule has 0 aromatic carbocycles. The molecule has 0 bridgehead atoms. The van der Waals surface area contributed by atoms with Gasteiger partial charge < -0.3 is 0 Å². The van der Waals surface area contributed by atoms with E-state index in [-0.39, 0.29) is 0 Å². The zero-order valence-corrected chi connectivity index (χ0v) is 20.6. The van der Waals surface area contributed by atoms with Crippen LogP contribution in [0, 0.1) is 23.7 Å². The molecular weight excluding hydrogens is 320 g/mol. The molecule has 0 aliphatic heterocycles. The van der Waals surface area contributed by atoms with Gasteiger partial charge in [-0.1, -0.05) is 80.1 Å². The van der Waals surface area contributed by atoms with Crippen LogP contribution in [-0.2, 0) is 0 Å². The van der Waals surface area contributed by atoms with Crippen LogP contribution in [0.3, 0.4) is 0 Å². The summed E-state index contributed by atoms with van der Waals surface area (Å²) in [5.41, 5.74) is 0. The van der Waals surface area contributed by atoms with Crippen molar-refractivity contribution in [3.63, 3.8) is 0 Å². The molecule has 0 aliphatic rings. The fourth-order valence-corrected chi connectivity index (χ4v) is 9.18. The second-order valence-corrected chi connectivity index (χ2v) is 22.8. The summed E-state index contributed by atoms with van der Waals surface area (Å²) in [6, 6.07) is 0. The Morgan fingerprint density at radius 1 is 0.760 bits per heavy atom. The predicted octanol–water partition coefficient (Wildman–Crippen LogP) is 8.09. The number of rotatable bonds is 14. The summed E-state index contributed by atoms with van der Waals surface area (Å²) in [7, 11) is -1.91. The van der Waals surface area contributed by atoms with Crippen LogP contribution >= 0.6 is 8.29 Å². The molecule has 0 aliphatic carbocycles. The molecule has 0 fully saturated rings. The van der Waals surface area contributed by atoms with Gasteiger partial charge in [-0.2, -0.15) is 0 Å². The second-order valence-electron chi connectivity index (χ2n) is 12.2. The van der Waals surface area contributed by atoms with Crippen LogP contribution in [0.25, 0.3) is 0 Å². The highest BCUT2D eigenvalue weighted by atomic mass is 32.4. The van der Waals surface area contributed by atoms with E-state index in [9.17, 15) is 0 Å². The van der Waals surface area contributed by atoms with Crippen LogP contribution in [0.5, 0.6) is 0 Å². The molecule has 0 saturated heterocycles. The number of hydrogen-bond acceptors (Lipinski definition) is 0. The second kappa shape index (κ2) is 9.52. The molecule has 25 heavy (non-hydrogen) atoms. The molecule has 0 spiro atoms. The SMILES string of the molecule is CCCC(CC)C(C)CC(CC)CS(C)(C)(C)(C)CCCCC(C)C. The summed E-state index contributed by atoms with van der Waals surface area (Å²) in [6.07, 6.45) is 21.9. The molecule has 3 atom stereocenters. The lowest BCUT2D eigenvalue weighted by Gasteiger charge is -2.71. The van der Waals surface area contributed by atoms with Crippen molar-refractivity contribution in [1.82, 2.24) is 0 Å². The van der Waals surface area contributed by atoms with E-state index in [2.05, 4.69) is 66.6 Å². The van der Waals surface area contributed by atoms with Gasteiger partial charge in [-0.05, 0) is 73.0 Å². The van der Waals surface area contributed by atoms with Crippen molar-refractivity contribution in [1.29, 1.82) is 0 Å². The van der Waals surface area contributed by atoms with E-state index >= 15 is 0 Å². The van der Waals surface area contributed by atoms with Gasteiger partial charge in [0.25, 0.3) is 0 Å². The van der Waals surface area contributed by atoms with Gasteiger partial charge in [-0.25, -0.2) is 0 Å². The first-order valence-corrected chi connectivity index (χ1v) is 15.7. The average Bonchev–Trinajstić information content (AvgIpc) is 2.47. The molecule has 0 rings (SSSR count). The molecule has 0 aromatic heterocycles. The van der Waals surface area contributed by atoms with E-state index in [1.54, 1.807) is 0 Å². The van der Waals surface area contributed by atoms with Crippen molar-refractivity contribution in [2.24, 2.45) is 23.7 Å². The molecule has 0 nitrogen and oxygen atoms in total. The van der Waals surface area contributed by atoms with E-state index in [1.165, 1.54) is 62.9 Å². The van der Waals surface area contributed by atoms with Gasteiger partial charge in [0, 0.05) is 0 Å². The van der Waals surface area contributed by atoms with Crippen LogP contribution in [0.1, 0.15) is 92.9 Å². The largest absolute Gasteiger partial charge is 0.283 e. The summed E-state index contributed by atoms with van der Waals surface area (Å²) < 4.78 is 0. The van der Waals surface area contributed by atoms with E-state index in [4.69, 9.17) is 0 Å². The van der Waals surface area contributed by atoms with Crippen molar-refractivity contribution in [3.05, 3.63) is 0 Å². The van der Waals surface area contributed by atoms with Gasteiger partial charge in [0.2, 0.25) is 0 Å². The first-order valence-electron chi connectivity index (χ1n) is 11.3. The molecule has 3 unspecified atom stereocenters. The Morgan fingerprint density at radius 3 is 1.80 bits per heavy atom. The lowest BCUT2D eigenvalue weighted by molar-refractivity contribution is 0.270. The van der Waals surface area contributed by atoms with E-state index in [0.717, 1.165) is 23.7 Å². The third-order valence-corrected chi connectivity index (χ3v) is 10.7. The Bertz CT molecular complexity index is 358. The minimum absolute atomic E-state index is 0.858. The van der Waals surface area contributed by atoms with Gasteiger partial charge in [0.15, 0.2) is 0 Å². The first kappa shape index (κ1) is 25.4. The lowest BCUT2D eigenvalue weighted by atomic mass is 9.81. The van der Waals surface area contributed by atoms with E-state index < -0.39 is 8.29 Å². The highest BCUT2D eigenvalue weighted by molar-refractivity contribution is 8.62. The Hall–Kier alpha value is 0.350. The molecule has 0 saturated carbocycles. The van der Waals surface area contributed by atoms with Crippen molar-refractivity contribution in [2.45, 2.75) is 92.9 Å². The Labute approximate surface area is 161 Å². The lowest BCUT2D eigenvalue weighted by Crippen LogP contribution is -2.41. The third-order valence-electron chi connectivity index (χ3n) is 6.43. The van der Waals surface area contributed by atoms with Crippen LogP contribution in [0.2, 0.25) is 0 Å². The van der Waals surface area contributed by atoms with Crippen LogP contribution in [0.4, 0.5) is 0 Å². The third kappa shape index (κ3) is 11.6. The van der Waals surface area contributed by atoms with Crippen molar-refractivity contribution >= 4 is 8.29 Å². The van der Waals surface area contributed by atoms with Gasteiger partial charge in [0.1, 0.15) is 0 Å². The molecule has 0 aromatic rings. The molecule has 0 heterocycles. The van der Waals surface area contributed by atoms with E-state index in [0.29, 0.717) is 0 Å². The molecule has 1 heteroatoms. The predicted molar refractivity (Wildman–Crippen MR) is 126 cm³/mol. The maximum Gasteiger partial charge on any atom is -0.0315 e. The fraction of sp³-hybridized carbons (Fsp3) is 1.00. The zero-order valence-electron chi connectivity index (χ0n) is 19.8.